The molecule has 11 rings (SSSR count). The maximum atomic E-state index is 14.7. The van der Waals surface area contributed by atoms with Crippen LogP contribution in [0.2, 0.25) is 5.04 Å². The zero-order chi connectivity index (χ0) is 61.4. The topological polar surface area (TPSA) is 149 Å². The minimum atomic E-state index is -3.29. The minimum Gasteiger partial charge on any atom is -0.455 e. The Balaban J connectivity index is 1.05. The quantitative estimate of drug-likeness (QED) is 0.0177. The number of fused-ring (bicyclic) bond motifs is 1. The number of benzene rings is 9. The van der Waals surface area contributed by atoms with E-state index in [2.05, 4.69) is 123 Å². The van der Waals surface area contributed by atoms with E-state index in [1.807, 2.05) is 140 Å². The van der Waals surface area contributed by atoms with Crippen molar-refractivity contribution in [3.8, 4) is 0 Å². The van der Waals surface area contributed by atoms with Crippen molar-refractivity contribution in [3.63, 3.8) is 0 Å². The molecule has 2 heterocycles. The summed E-state index contributed by atoms with van der Waals surface area (Å²) >= 11 is 1.54. The summed E-state index contributed by atoms with van der Waals surface area (Å²) in [6.45, 7) is 9.40. The number of esters is 1. The second-order valence-corrected chi connectivity index (χ2v) is 29.0. The van der Waals surface area contributed by atoms with Gasteiger partial charge in [-0.05, 0) is 91.2 Å². The molecular formula is C74H75N3O10SSi. The summed E-state index contributed by atoms with van der Waals surface area (Å²) in [5, 5.41) is 8.30. The number of ether oxygens (including phenoxy) is 8. The van der Waals surface area contributed by atoms with E-state index in [-0.39, 0.29) is 45.2 Å². The Labute approximate surface area is 526 Å². The minimum absolute atomic E-state index is 0.00590. The van der Waals surface area contributed by atoms with Gasteiger partial charge in [-0.3, -0.25) is 0 Å². The Hall–Kier alpha value is -7.73. The lowest BCUT2D eigenvalue weighted by atomic mass is 9.95. The van der Waals surface area contributed by atoms with Crippen molar-refractivity contribution in [2.45, 2.75) is 125 Å². The van der Waals surface area contributed by atoms with Crippen LogP contribution in [0.1, 0.15) is 58.9 Å². The number of aryl methyl sites for hydroxylation is 1. The number of azide groups is 1. The molecule has 2 aliphatic heterocycles. The molecule has 2 saturated heterocycles. The van der Waals surface area contributed by atoms with Crippen molar-refractivity contribution in [1.29, 1.82) is 0 Å². The molecular weight excluding hydrogens is 1150 g/mol. The molecule has 9 aromatic carbocycles. The van der Waals surface area contributed by atoms with Crippen molar-refractivity contribution in [3.05, 3.63) is 293 Å². The normalized spacial score (nSPS) is 22.0. The Morgan fingerprint density at radius 1 is 0.528 bits per heavy atom. The third-order valence-corrected chi connectivity index (χ3v) is 22.5. The second kappa shape index (κ2) is 30.2. The first-order valence-electron chi connectivity index (χ1n) is 30.3. The van der Waals surface area contributed by atoms with E-state index in [9.17, 15) is 10.3 Å². The fourth-order valence-electron chi connectivity index (χ4n) is 11.9. The van der Waals surface area contributed by atoms with Gasteiger partial charge < -0.3 is 42.3 Å². The summed E-state index contributed by atoms with van der Waals surface area (Å²) in [7, 11) is -3.29. The van der Waals surface area contributed by atoms with Crippen molar-refractivity contribution in [1.82, 2.24) is 0 Å². The van der Waals surface area contributed by atoms with E-state index in [1.54, 1.807) is 24.3 Å². The molecule has 0 aromatic heterocycles. The summed E-state index contributed by atoms with van der Waals surface area (Å²) < 4.78 is 65.1. The largest absolute Gasteiger partial charge is 0.455 e. The molecule has 2 fully saturated rings. The van der Waals surface area contributed by atoms with Gasteiger partial charge in [-0.2, -0.15) is 0 Å². The van der Waals surface area contributed by atoms with E-state index < -0.39 is 79.8 Å². The molecule has 0 bridgehead atoms. The third kappa shape index (κ3) is 15.6. The van der Waals surface area contributed by atoms with Crippen LogP contribution in [0.3, 0.4) is 0 Å². The van der Waals surface area contributed by atoms with Crippen LogP contribution in [-0.2, 0) is 68.7 Å². The lowest BCUT2D eigenvalue weighted by Gasteiger charge is -2.50. The molecule has 2 aliphatic rings. The molecule has 456 valence electrons. The first-order chi connectivity index (χ1) is 43.5. The van der Waals surface area contributed by atoms with Crippen LogP contribution in [0.15, 0.2) is 259 Å². The van der Waals surface area contributed by atoms with Gasteiger partial charge in [0.2, 0.25) is 0 Å². The molecule has 0 amide bonds. The smallest absolute Gasteiger partial charge is 0.338 e. The molecule has 0 unspecified atom stereocenters. The standard InChI is InChI=1S/C74H75N3O10SSi/c1-52-39-43-60(44-40-52)88-73-70(82-48-55-29-15-7-16-30-55)69(81-47-54-27-13-6-14-28-54)67(64(85-73)51-83-89(74(2,3)4,61-35-19-9-20-36-61)62-37-21-10-22-38-62)87-72-65(76-77-75)68(86-71(78)58-32-17-8-18-33-58)66(63(84-72)50-79-46-53-25-11-5-12-26-53)80-49-56-41-42-57-31-23-24-34-59(57)45-56/h5-45,63-70,72-73H,46-51H2,1-4H3/t63-,64-,65-,66-,67-,68-,69+,70-,72-,73+/m1/s1. The summed E-state index contributed by atoms with van der Waals surface area (Å²) in [5.74, 6) is -0.662. The second-order valence-electron chi connectivity index (χ2n) is 23.5. The van der Waals surface area contributed by atoms with Gasteiger partial charge in [0.1, 0.15) is 54.2 Å². The Bertz CT molecular complexity index is 3660. The summed E-state index contributed by atoms with van der Waals surface area (Å²) in [6.07, 6.45) is -8.59. The number of hydrogen-bond acceptors (Lipinski definition) is 12. The molecule has 10 atom stereocenters. The van der Waals surface area contributed by atoms with Gasteiger partial charge in [0, 0.05) is 9.81 Å². The van der Waals surface area contributed by atoms with Gasteiger partial charge in [0.25, 0.3) is 8.32 Å². The van der Waals surface area contributed by atoms with Gasteiger partial charge in [0.05, 0.1) is 45.2 Å². The molecule has 89 heavy (non-hydrogen) atoms. The van der Waals surface area contributed by atoms with Crippen LogP contribution in [-0.4, -0.2) is 88.0 Å². The zero-order valence-corrected chi connectivity index (χ0v) is 52.3. The maximum absolute atomic E-state index is 14.7. The van der Waals surface area contributed by atoms with E-state index in [0.29, 0.717) is 0 Å². The van der Waals surface area contributed by atoms with Crippen LogP contribution >= 0.6 is 11.8 Å². The van der Waals surface area contributed by atoms with Gasteiger partial charge >= 0.3 is 5.97 Å². The fourth-order valence-corrected chi connectivity index (χ4v) is 17.6. The molecule has 0 aliphatic carbocycles. The van der Waals surface area contributed by atoms with E-state index in [1.165, 1.54) is 11.8 Å². The first kappa shape index (κ1) is 62.9. The van der Waals surface area contributed by atoms with Crippen molar-refractivity contribution >= 4 is 47.2 Å². The molecule has 0 saturated carbocycles. The third-order valence-electron chi connectivity index (χ3n) is 16.3. The van der Waals surface area contributed by atoms with E-state index in [0.717, 1.165) is 53.9 Å². The highest BCUT2D eigenvalue weighted by molar-refractivity contribution is 7.99. The number of thioether (sulfide) groups is 1. The zero-order valence-electron chi connectivity index (χ0n) is 50.5. The van der Waals surface area contributed by atoms with Crippen molar-refractivity contribution in [2.75, 3.05) is 13.2 Å². The SMILES string of the molecule is Cc1ccc(S[C@@H]2O[C@H](CO[Si](c3ccccc3)(c3ccccc3)C(C)(C)C)[C@@H](O[C@H]3O[C@H](COCc4ccccc4)[C@@H](OCc4ccc5ccccc5c4)[C@H](OC(=O)c4ccccc4)[C@H]3N=[N+]=[N-])[C@H](OCc3ccccc3)[C@H]2OCc2ccccc2)cc1. The van der Waals surface area contributed by atoms with Gasteiger partial charge in [0.15, 0.2) is 6.29 Å². The van der Waals surface area contributed by atoms with Crippen LogP contribution in [0, 0.1) is 6.92 Å². The van der Waals surface area contributed by atoms with Gasteiger partial charge in [-0.25, -0.2) is 4.79 Å². The molecule has 0 spiro atoms. The summed E-state index contributed by atoms with van der Waals surface area (Å²) in [6, 6.07) is 80.6. The predicted molar refractivity (Wildman–Crippen MR) is 350 cm³/mol. The lowest BCUT2D eigenvalue weighted by Crippen LogP contribution is -2.69. The van der Waals surface area contributed by atoms with Crippen LogP contribution in [0.5, 0.6) is 0 Å². The number of rotatable bonds is 25. The lowest BCUT2D eigenvalue weighted by molar-refractivity contribution is -0.326. The average molecular weight is 1230 g/mol. The van der Waals surface area contributed by atoms with E-state index >= 15 is 0 Å². The highest BCUT2D eigenvalue weighted by atomic mass is 32.2. The number of carbonyl (C=O) groups excluding carboxylic acids is 1. The Kier molecular flexibility index (Phi) is 21.3. The fraction of sp³-hybridized carbons (Fsp3) is 0.284. The number of hydrogen-bond donors (Lipinski definition) is 0. The van der Waals surface area contributed by atoms with Crippen LogP contribution in [0.4, 0.5) is 0 Å². The van der Waals surface area contributed by atoms with Gasteiger partial charge in [-0.1, -0.05) is 262 Å². The van der Waals surface area contributed by atoms with Gasteiger partial charge in [-0.15, -0.1) is 0 Å². The molecule has 9 aromatic rings. The Morgan fingerprint density at radius 3 is 1.62 bits per heavy atom. The summed E-state index contributed by atoms with van der Waals surface area (Å²) in [4.78, 5) is 19.1. The first-order valence-corrected chi connectivity index (χ1v) is 33.1. The van der Waals surface area contributed by atoms with E-state index in [4.69, 9.17) is 42.3 Å². The molecule has 0 radical (unpaired) electrons. The number of nitrogens with zero attached hydrogens (tertiary/aromatic N) is 3. The number of carbonyl (C=O) groups is 1. The van der Waals surface area contributed by atoms with Crippen LogP contribution < -0.4 is 10.4 Å². The maximum Gasteiger partial charge on any atom is 0.338 e. The molecule has 13 nitrogen and oxygen atoms in total. The van der Waals surface area contributed by atoms with Crippen LogP contribution in [0.25, 0.3) is 21.2 Å². The van der Waals surface area contributed by atoms with Crippen molar-refractivity contribution in [2.24, 2.45) is 5.11 Å². The predicted octanol–water partition coefficient (Wildman–Crippen LogP) is 14.5. The summed E-state index contributed by atoms with van der Waals surface area (Å²) in [5.41, 5.74) is 15.1. The highest BCUT2D eigenvalue weighted by Gasteiger charge is 2.57. The van der Waals surface area contributed by atoms with Crippen molar-refractivity contribution < 1.29 is 47.1 Å². The average Bonchev–Trinajstić information content (AvgIpc) is 1.07. The monoisotopic (exact) mass is 1230 g/mol. The molecule has 15 heteroatoms. The highest BCUT2D eigenvalue weighted by Crippen LogP contribution is 2.43. The molecule has 0 N–H and O–H groups in total. The Morgan fingerprint density at radius 2 is 1.03 bits per heavy atom.